The van der Waals surface area contributed by atoms with Gasteiger partial charge >= 0.3 is 0 Å². The Bertz CT molecular complexity index is 1010. The SMILES string of the molecule is COc1cc(/C=N\NC(=O)COc2ccccc2)ccc1OCc1ccccc1Cl. The Morgan fingerprint density at radius 1 is 1.00 bits per heavy atom. The van der Waals surface area contributed by atoms with Crippen LogP contribution in [0, 0.1) is 0 Å². The molecule has 0 unspecified atom stereocenters. The van der Waals surface area contributed by atoms with Crippen molar-refractivity contribution < 1.29 is 19.0 Å². The van der Waals surface area contributed by atoms with E-state index in [2.05, 4.69) is 10.5 Å². The Balaban J connectivity index is 1.53. The van der Waals surface area contributed by atoms with Crippen molar-refractivity contribution in [1.82, 2.24) is 5.43 Å². The van der Waals surface area contributed by atoms with Gasteiger partial charge in [-0.1, -0.05) is 48.0 Å². The number of nitrogens with zero attached hydrogens (tertiary/aromatic N) is 1. The number of halogens is 1. The average Bonchev–Trinajstić information content (AvgIpc) is 2.78. The molecule has 30 heavy (non-hydrogen) atoms. The lowest BCUT2D eigenvalue weighted by Gasteiger charge is -2.12. The third-order valence-corrected chi connectivity index (χ3v) is 4.41. The zero-order chi connectivity index (χ0) is 21.2. The second kappa shape index (κ2) is 10.9. The van der Waals surface area contributed by atoms with Crippen LogP contribution in [0.2, 0.25) is 5.02 Å². The second-order valence-corrected chi connectivity index (χ2v) is 6.59. The maximum absolute atomic E-state index is 11.8. The quantitative estimate of drug-likeness (QED) is 0.407. The van der Waals surface area contributed by atoms with Gasteiger partial charge in [-0.05, 0) is 42.0 Å². The maximum Gasteiger partial charge on any atom is 0.277 e. The van der Waals surface area contributed by atoms with Crippen LogP contribution in [-0.4, -0.2) is 25.8 Å². The van der Waals surface area contributed by atoms with Gasteiger partial charge < -0.3 is 14.2 Å². The van der Waals surface area contributed by atoms with Crippen LogP contribution in [0.4, 0.5) is 0 Å². The molecule has 0 spiro atoms. The molecule has 0 fully saturated rings. The summed E-state index contributed by atoms with van der Waals surface area (Å²) >= 11 is 6.16. The van der Waals surface area contributed by atoms with E-state index in [0.717, 1.165) is 11.1 Å². The van der Waals surface area contributed by atoms with E-state index in [1.54, 1.807) is 37.4 Å². The highest BCUT2D eigenvalue weighted by Crippen LogP contribution is 2.29. The number of hydrogen-bond donors (Lipinski definition) is 1. The van der Waals surface area contributed by atoms with Gasteiger partial charge in [-0.15, -0.1) is 0 Å². The van der Waals surface area contributed by atoms with Crippen molar-refractivity contribution in [2.45, 2.75) is 6.61 Å². The molecule has 3 rings (SSSR count). The topological polar surface area (TPSA) is 69.2 Å². The smallest absolute Gasteiger partial charge is 0.277 e. The molecule has 3 aromatic carbocycles. The average molecular weight is 425 g/mol. The molecule has 0 aliphatic carbocycles. The first-order valence-electron chi connectivity index (χ1n) is 9.19. The van der Waals surface area contributed by atoms with E-state index in [9.17, 15) is 4.79 Å². The fraction of sp³-hybridized carbons (Fsp3) is 0.130. The molecular formula is C23H21ClN2O4. The Labute approximate surface area is 180 Å². The fourth-order valence-corrected chi connectivity index (χ4v) is 2.72. The summed E-state index contributed by atoms with van der Waals surface area (Å²) in [4.78, 5) is 11.8. The Morgan fingerprint density at radius 2 is 1.77 bits per heavy atom. The minimum absolute atomic E-state index is 0.125. The molecule has 1 N–H and O–H groups in total. The van der Waals surface area contributed by atoms with Crippen molar-refractivity contribution in [3.63, 3.8) is 0 Å². The van der Waals surface area contributed by atoms with Gasteiger partial charge in [-0.2, -0.15) is 5.10 Å². The van der Waals surface area contributed by atoms with Crippen LogP contribution in [0.15, 0.2) is 77.9 Å². The summed E-state index contributed by atoms with van der Waals surface area (Å²) < 4.78 is 16.6. The first-order valence-corrected chi connectivity index (χ1v) is 9.57. The second-order valence-electron chi connectivity index (χ2n) is 6.19. The lowest BCUT2D eigenvalue weighted by Crippen LogP contribution is -2.24. The molecule has 0 saturated carbocycles. The molecule has 6 nitrogen and oxygen atoms in total. The molecule has 1 amide bonds. The van der Waals surface area contributed by atoms with Crippen molar-refractivity contribution in [2.75, 3.05) is 13.7 Å². The number of methoxy groups -OCH3 is 1. The fourth-order valence-electron chi connectivity index (χ4n) is 2.53. The number of hydrazone groups is 1. The minimum Gasteiger partial charge on any atom is -0.493 e. The van der Waals surface area contributed by atoms with E-state index >= 15 is 0 Å². The van der Waals surface area contributed by atoms with Gasteiger partial charge in [0.05, 0.1) is 13.3 Å². The number of carbonyl (C=O) groups excluding carboxylic acids is 1. The number of benzene rings is 3. The first-order chi connectivity index (χ1) is 14.7. The van der Waals surface area contributed by atoms with Crippen molar-refractivity contribution >= 4 is 23.7 Å². The number of para-hydroxylation sites is 1. The largest absolute Gasteiger partial charge is 0.493 e. The summed E-state index contributed by atoms with van der Waals surface area (Å²) in [5.41, 5.74) is 4.04. The number of rotatable bonds is 9. The number of amides is 1. The van der Waals surface area contributed by atoms with Gasteiger partial charge in [0.1, 0.15) is 12.4 Å². The Hall–Kier alpha value is -3.51. The molecule has 0 atom stereocenters. The number of nitrogens with one attached hydrogen (secondary N) is 1. The van der Waals surface area contributed by atoms with Gasteiger partial charge in [0.25, 0.3) is 5.91 Å². The van der Waals surface area contributed by atoms with E-state index in [1.165, 1.54) is 6.21 Å². The molecule has 154 valence electrons. The summed E-state index contributed by atoms with van der Waals surface area (Å²) in [6, 6.07) is 21.9. The summed E-state index contributed by atoms with van der Waals surface area (Å²) in [6.45, 7) is 0.195. The van der Waals surface area contributed by atoms with Crippen molar-refractivity contribution in [1.29, 1.82) is 0 Å². The first kappa shape index (κ1) is 21.2. The van der Waals surface area contributed by atoms with E-state index in [4.69, 9.17) is 25.8 Å². The number of hydrogen-bond acceptors (Lipinski definition) is 5. The maximum atomic E-state index is 11.8. The third-order valence-electron chi connectivity index (χ3n) is 4.04. The van der Waals surface area contributed by atoms with E-state index in [1.807, 2.05) is 42.5 Å². The van der Waals surface area contributed by atoms with Gasteiger partial charge in [0, 0.05) is 10.6 Å². The van der Waals surface area contributed by atoms with Gasteiger partial charge in [-0.25, -0.2) is 5.43 Å². The van der Waals surface area contributed by atoms with Crippen molar-refractivity contribution in [3.8, 4) is 17.2 Å². The van der Waals surface area contributed by atoms with Gasteiger partial charge in [0.15, 0.2) is 18.1 Å². The molecule has 0 aromatic heterocycles. The van der Waals surface area contributed by atoms with Crippen LogP contribution in [0.5, 0.6) is 17.2 Å². The summed E-state index contributed by atoms with van der Waals surface area (Å²) in [5.74, 6) is 1.38. The predicted molar refractivity (Wildman–Crippen MR) is 116 cm³/mol. The Kier molecular flexibility index (Phi) is 7.69. The molecule has 0 aliphatic heterocycles. The van der Waals surface area contributed by atoms with Gasteiger partial charge in [-0.3, -0.25) is 4.79 Å². The van der Waals surface area contributed by atoms with Crippen LogP contribution >= 0.6 is 11.6 Å². The van der Waals surface area contributed by atoms with Crippen LogP contribution in [0.25, 0.3) is 0 Å². The van der Waals surface area contributed by atoms with Crippen LogP contribution in [-0.2, 0) is 11.4 Å². The summed E-state index contributed by atoms with van der Waals surface area (Å²) in [5, 5.41) is 4.59. The van der Waals surface area contributed by atoms with E-state index < -0.39 is 0 Å². The standard InChI is InChI=1S/C23H21ClN2O4/c1-28-22-13-17(11-12-21(22)30-15-18-7-5-6-10-20(18)24)14-25-26-23(27)16-29-19-8-3-2-4-9-19/h2-14H,15-16H2,1H3,(H,26,27)/b25-14-. The molecule has 0 bridgehead atoms. The highest BCUT2D eigenvalue weighted by atomic mass is 35.5. The molecule has 0 radical (unpaired) electrons. The number of ether oxygens (including phenoxy) is 3. The van der Waals surface area contributed by atoms with Crippen LogP contribution in [0.3, 0.4) is 0 Å². The van der Waals surface area contributed by atoms with E-state index in [0.29, 0.717) is 28.9 Å². The number of carbonyl (C=O) groups is 1. The molecule has 7 heteroatoms. The molecule has 3 aromatic rings. The third kappa shape index (κ3) is 6.25. The summed E-state index contributed by atoms with van der Waals surface area (Å²) in [6.07, 6.45) is 1.51. The van der Waals surface area contributed by atoms with Gasteiger partial charge in [0.2, 0.25) is 0 Å². The highest BCUT2D eigenvalue weighted by Gasteiger charge is 2.07. The molecule has 0 saturated heterocycles. The molecular weight excluding hydrogens is 404 g/mol. The Morgan fingerprint density at radius 3 is 2.53 bits per heavy atom. The zero-order valence-corrected chi connectivity index (χ0v) is 17.1. The normalized spacial score (nSPS) is 10.6. The van der Waals surface area contributed by atoms with Crippen LogP contribution < -0.4 is 19.6 Å². The molecule has 0 heterocycles. The zero-order valence-electron chi connectivity index (χ0n) is 16.4. The van der Waals surface area contributed by atoms with E-state index in [-0.39, 0.29) is 12.5 Å². The lowest BCUT2D eigenvalue weighted by molar-refractivity contribution is -0.123. The highest BCUT2D eigenvalue weighted by molar-refractivity contribution is 6.31. The van der Waals surface area contributed by atoms with Crippen LogP contribution in [0.1, 0.15) is 11.1 Å². The summed E-state index contributed by atoms with van der Waals surface area (Å²) in [7, 11) is 1.56. The predicted octanol–water partition coefficient (Wildman–Crippen LogP) is 4.46. The lowest BCUT2D eigenvalue weighted by atomic mass is 10.2. The molecule has 0 aliphatic rings. The van der Waals surface area contributed by atoms with Crippen molar-refractivity contribution in [3.05, 3.63) is 88.9 Å². The monoisotopic (exact) mass is 424 g/mol. The minimum atomic E-state index is -0.359. The van der Waals surface area contributed by atoms with Crippen molar-refractivity contribution in [2.24, 2.45) is 5.10 Å².